The monoisotopic (exact) mass is 554 g/mol. The molecule has 4 heterocycles. The zero-order chi connectivity index (χ0) is 27.9. The molecule has 40 heavy (non-hydrogen) atoms. The van der Waals surface area contributed by atoms with Crippen LogP contribution in [0.4, 0.5) is 0 Å². The molecule has 6 rings (SSSR count). The van der Waals surface area contributed by atoms with Crippen LogP contribution in [-0.4, -0.2) is 60.7 Å². The molecule has 1 fully saturated rings. The van der Waals surface area contributed by atoms with Crippen molar-refractivity contribution >= 4 is 21.1 Å². The molecule has 1 aliphatic heterocycles. The lowest BCUT2D eigenvalue weighted by Gasteiger charge is -2.38. The van der Waals surface area contributed by atoms with Crippen molar-refractivity contribution in [2.75, 3.05) is 27.3 Å². The smallest absolute Gasteiger partial charge is 0.269 e. The molecule has 9 heteroatoms. The molecule has 0 saturated carbocycles. The lowest BCUT2D eigenvalue weighted by atomic mass is 10.0. The van der Waals surface area contributed by atoms with Gasteiger partial charge in [-0.2, -0.15) is 0 Å². The standard InChI is InChI=1S/C31H30N4O4S/c1-21-4-11-27(12-5-21)40(36,37)35-20-29(24-10-13-30(39-3)32-15-24)28-14-25(16-33-31(28)35)23-8-6-22(7-9-23)17-34-18-26(19-34)38-2/h4-16,20,26H,17-19H2,1-3H3. The maximum Gasteiger partial charge on any atom is 0.269 e. The number of hydrogen-bond donors (Lipinski definition) is 0. The van der Waals surface area contributed by atoms with Crippen LogP contribution >= 0.6 is 0 Å². The Morgan fingerprint density at radius 2 is 1.57 bits per heavy atom. The number of nitrogens with zero attached hydrogens (tertiary/aromatic N) is 4. The third-order valence-corrected chi connectivity index (χ3v) is 9.06. The summed E-state index contributed by atoms with van der Waals surface area (Å²) in [6.07, 6.45) is 5.37. The molecule has 0 unspecified atom stereocenters. The molecule has 0 atom stereocenters. The van der Waals surface area contributed by atoms with Crippen molar-refractivity contribution in [2.24, 2.45) is 0 Å². The Morgan fingerprint density at radius 3 is 2.23 bits per heavy atom. The van der Waals surface area contributed by atoms with E-state index in [1.54, 1.807) is 63.1 Å². The highest BCUT2D eigenvalue weighted by molar-refractivity contribution is 7.90. The van der Waals surface area contributed by atoms with Gasteiger partial charge in [0.05, 0.1) is 18.1 Å². The molecule has 0 amide bonds. The van der Waals surface area contributed by atoms with E-state index in [9.17, 15) is 8.42 Å². The van der Waals surface area contributed by atoms with Crippen LogP contribution in [0.25, 0.3) is 33.3 Å². The number of likely N-dealkylation sites (tertiary alicyclic amines) is 1. The zero-order valence-electron chi connectivity index (χ0n) is 22.6. The Hall–Kier alpha value is -4.05. The second-order valence-electron chi connectivity index (χ2n) is 10.1. The molecule has 2 aromatic carbocycles. The van der Waals surface area contributed by atoms with Gasteiger partial charge in [-0.05, 0) is 42.3 Å². The molecule has 5 aromatic rings. The molecular weight excluding hydrogens is 524 g/mol. The number of benzene rings is 2. The van der Waals surface area contributed by atoms with E-state index in [-0.39, 0.29) is 4.90 Å². The molecule has 0 bridgehead atoms. The van der Waals surface area contributed by atoms with Gasteiger partial charge in [-0.1, -0.05) is 42.0 Å². The van der Waals surface area contributed by atoms with Crippen molar-refractivity contribution < 1.29 is 17.9 Å². The predicted molar refractivity (Wildman–Crippen MR) is 155 cm³/mol. The second kappa shape index (κ2) is 10.5. The summed E-state index contributed by atoms with van der Waals surface area (Å²) in [5, 5.41) is 0.718. The first kappa shape index (κ1) is 26.2. The first-order valence-electron chi connectivity index (χ1n) is 13.0. The van der Waals surface area contributed by atoms with Crippen LogP contribution in [0.15, 0.2) is 90.2 Å². The van der Waals surface area contributed by atoms with Gasteiger partial charge in [-0.15, -0.1) is 0 Å². The summed E-state index contributed by atoms with van der Waals surface area (Å²) in [6.45, 7) is 4.70. The van der Waals surface area contributed by atoms with Crippen molar-refractivity contribution in [1.82, 2.24) is 18.8 Å². The summed E-state index contributed by atoms with van der Waals surface area (Å²) in [7, 11) is -0.571. The van der Waals surface area contributed by atoms with Crippen LogP contribution in [0.3, 0.4) is 0 Å². The van der Waals surface area contributed by atoms with Gasteiger partial charge in [0.25, 0.3) is 10.0 Å². The number of methoxy groups -OCH3 is 2. The van der Waals surface area contributed by atoms with Crippen LogP contribution in [0, 0.1) is 6.92 Å². The first-order valence-corrected chi connectivity index (χ1v) is 14.5. The number of rotatable bonds is 8. The molecule has 0 N–H and O–H groups in total. The van der Waals surface area contributed by atoms with E-state index in [0.29, 0.717) is 17.6 Å². The Morgan fingerprint density at radius 1 is 0.875 bits per heavy atom. The highest BCUT2D eigenvalue weighted by Gasteiger charge is 2.26. The molecule has 204 valence electrons. The van der Waals surface area contributed by atoms with Crippen molar-refractivity contribution in [3.8, 4) is 28.1 Å². The van der Waals surface area contributed by atoms with E-state index >= 15 is 0 Å². The second-order valence-corrected chi connectivity index (χ2v) is 11.9. The molecular formula is C31H30N4O4S. The lowest BCUT2D eigenvalue weighted by Crippen LogP contribution is -2.50. The normalized spacial score (nSPS) is 14.4. The number of fused-ring (bicyclic) bond motifs is 1. The van der Waals surface area contributed by atoms with Crippen LogP contribution in [0.5, 0.6) is 5.88 Å². The summed E-state index contributed by atoms with van der Waals surface area (Å²) in [5.41, 5.74) is 5.96. The van der Waals surface area contributed by atoms with Gasteiger partial charge in [-0.25, -0.2) is 22.4 Å². The van der Waals surface area contributed by atoms with Crippen molar-refractivity contribution in [3.63, 3.8) is 0 Å². The van der Waals surface area contributed by atoms with Gasteiger partial charge in [0.2, 0.25) is 5.88 Å². The Bertz CT molecular complexity index is 1760. The highest BCUT2D eigenvalue weighted by Crippen LogP contribution is 2.35. The van der Waals surface area contributed by atoms with E-state index < -0.39 is 10.0 Å². The molecule has 1 saturated heterocycles. The van der Waals surface area contributed by atoms with Crippen molar-refractivity contribution in [2.45, 2.75) is 24.5 Å². The van der Waals surface area contributed by atoms with Gasteiger partial charge in [0, 0.05) is 73.5 Å². The lowest BCUT2D eigenvalue weighted by molar-refractivity contribution is -0.0333. The third-order valence-electron chi connectivity index (χ3n) is 7.40. The number of hydrogen-bond acceptors (Lipinski definition) is 7. The van der Waals surface area contributed by atoms with Crippen LogP contribution in [-0.2, 0) is 21.3 Å². The Kier molecular flexibility index (Phi) is 6.87. The van der Waals surface area contributed by atoms with E-state index in [1.165, 1.54) is 9.54 Å². The Labute approximate surface area is 233 Å². The summed E-state index contributed by atoms with van der Waals surface area (Å²) >= 11 is 0. The topological polar surface area (TPSA) is 86.5 Å². The number of aryl methyl sites for hydroxylation is 1. The van der Waals surface area contributed by atoms with Crippen molar-refractivity contribution in [3.05, 3.63) is 96.4 Å². The number of ether oxygens (including phenoxy) is 2. The predicted octanol–water partition coefficient (Wildman–Crippen LogP) is 5.15. The van der Waals surface area contributed by atoms with Gasteiger partial charge in [-0.3, -0.25) is 4.90 Å². The fourth-order valence-electron chi connectivity index (χ4n) is 5.00. The Balaban J connectivity index is 1.41. The fourth-order valence-corrected chi connectivity index (χ4v) is 6.32. The van der Waals surface area contributed by atoms with Crippen molar-refractivity contribution in [1.29, 1.82) is 0 Å². The summed E-state index contributed by atoms with van der Waals surface area (Å²) < 4.78 is 39.3. The van der Waals surface area contributed by atoms with Gasteiger partial charge in [0.15, 0.2) is 5.65 Å². The van der Waals surface area contributed by atoms with E-state index in [2.05, 4.69) is 39.1 Å². The molecule has 0 aliphatic carbocycles. The summed E-state index contributed by atoms with van der Waals surface area (Å²) in [6, 6.07) is 20.9. The van der Waals surface area contributed by atoms with Gasteiger partial charge < -0.3 is 9.47 Å². The average Bonchev–Trinajstić information content (AvgIpc) is 3.35. The summed E-state index contributed by atoms with van der Waals surface area (Å²) in [4.78, 5) is 11.6. The number of aromatic nitrogens is 3. The van der Waals surface area contributed by atoms with E-state index in [4.69, 9.17) is 9.47 Å². The molecule has 3 aromatic heterocycles. The maximum absolute atomic E-state index is 13.7. The number of pyridine rings is 2. The first-order chi connectivity index (χ1) is 19.4. The third kappa shape index (κ3) is 4.88. The van der Waals surface area contributed by atoms with Crippen LogP contribution < -0.4 is 4.74 Å². The molecule has 0 spiro atoms. The highest BCUT2D eigenvalue weighted by atomic mass is 32.2. The molecule has 0 radical (unpaired) electrons. The zero-order valence-corrected chi connectivity index (χ0v) is 23.4. The average molecular weight is 555 g/mol. The van der Waals surface area contributed by atoms with E-state index in [1.807, 2.05) is 19.1 Å². The SMILES string of the molecule is COc1ccc(-c2cn(S(=O)(=O)c3ccc(C)cc3)c3ncc(-c4ccc(CN5CC(OC)C5)cc4)cc23)cn1. The molecule has 8 nitrogen and oxygen atoms in total. The largest absolute Gasteiger partial charge is 0.481 e. The minimum Gasteiger partial charge on any atom is -0.481 e. The summed E-state index contributed by atoms with van der Waals surface area (Å²) in [5.74, 6) is 0.481. The van der Waals surface area contributed by atoms with Gasteiger partial charge >= 0.3 is 0 Å². The minimum atomic E-state index is -3.88. The maximum atomic E-state index is 13.7. The minimum absolute atomic E-state index is 0.204. The molecule has 1 aliphatic rings. The van der Waals surface area contributed by atoms with Crippen LogP contribution in [0.2, 0.25) is 0 Å². The van der Waals surface area contributed by atoms with Crippen LogP contribution in [0.1, 0.15) is 11.1 Å². The fraction of sp³-hybridized carbons (Fsp3) is 0.226. The van der Waals surface area contributed by atoms with Gasteiger partial charge in [0.1, 0.15) is 0 Å². The quantitative estimate of drug-likeness (QED) is 0.262. The van der Waals surface area contributed by atoms with E-state index in [0.717, 1.165) is 52.8 Å².